The van der Waals surface area contributed by atoms with Crippen LogP contribution in [0.5, 0.6) is 0 Å². The molecule has 0 heterocycles. The number of hydrogen-bond donors (Lipinski definition) is 3. The second-order valence-corrected chi connectivity index (χ2v) is 6.01. The quantitative estimate of drug-likeness (QED) is 0.405. The van der Waals surface area contributed by atoms with Crippen LogP contribution in [0.15, 0.2) is 0 Å². The summed E-state index contributed by atoms with van der Waals surface area (Å²) in [5.41, 5.74) is 5.62. The predicted molar refractivity (Wildman–Crippen MR) is 89.7 cm³/mol. The molecule has 0 aliphatic heterocycles. The predicted octanol–water partition coefficient (Wildman–Crippen LogP) is 3.22. The summed E-state index contributed by atoms with van der Waals surface area (Å²) < 4.78 is 0. The molecule has 0 aromatic carbocycles. The zero-order valence-electron chi connectivity index (χ0n) is 14.1. The largest absolute Gasteiger partial charge is 0.481 e. The molecule has 4 N–H and O–H groups in total. The van der Waals surface area contributed by atoms with E-state index in [0.717, 1.165) is 12.8 Å². The molecular weight excluding hydrogens is 280 g/mol. The second-order valence-electron chi connectivity index (χ2n) is 6.01. The summed E-state index contributed by atoms with van der Waals surface area (Å²) in [6, 6.07) is -0.709. The molecule has 0 saturated heterocycles. The highest BCUT2D eigenvalue weighted by Crippen LogP contribution is 2.10. The van der Waals surface area contributed by atoms with Crippen molar-refractivity contribution in [1.29, 1.82) is 0 Å². The van der Waals surface area contributed by atoms with Gasteiger partial charge in [-0.15, -0.1) is 0 Å². The van der Waals surface area contributed by atoms with Crippen molar-refractivity contribution in [2.45, 2.75) is 90.0 Å². The Balaban J connectivity index is 3.31. The minimum absolute atomic E-state index is 0.0627. The van der Waals surface area contributed by atoms with Crippen LogP contribution in [0.2, 0.25) is 0 Å². The first-order chi connectivity index (χ1) is 10.6. The van der Waals surface area contributed by atoms with Gasteiger partial charge in [0, 0.05) is 13.0 Å². The van der Waals surface area contributed by atoms with Gasteiger partial charge in [-0.3, -0.25) is 9.59 Å². The van der Waals surface area contributed by atoms with E-state index in [2.05, 4.69) is 12.2 Å². The fourth-order valence-corrected chi connectivity index (χ4v) is 2.37. The van der Waals surface area contributed by atoms with E-state index in [1.807, 2.05) is 0 Å². The lowest BCUT2D eigenvalue weighted by Gasteiger charge is -2.11. The molecule has 1 amide bonds. The van der Waals surface area contributed by atoms with Crippen LogP contribution in [0.4, 0.5) is 0 Å². The Morgan fingerprint density at radius 1 is 0.955 bits per heavy atom. The minimum Gasteiger partial charge on any atom is -0.481 e. The Morgan fingerprint density at radius 2 is 1.45 bits per heavy atom. The maximum Gasteiger partial charge on any atom is 0.303 e. The van der Waals surface area contributed by atoms with Gasteiger partial charge in [-0.2, -0.15) is 0 Å². The summed E-state index contributed by atoms with van der Waals surface area (Å²) >= 11 is 0. The van der Waals surface area contributed by atoms with Crippen LogP contribution in [-0.4, -0.2) is 29.6 Å². The highest BCUT2D eigenvalue weighted by atomic mass is 16.4. The number of carboxylic acids is 1. The van der Waals surface area contributed by atoms with Gasteiger partial charge in [0.1, 0.15) is 0 Å². The normalized spacial score (nSPS) is 12.1. The van der Waals surface area contributed by atoms with Gasteiger partial charge in [0.25, 0.3) is 0 Å². The van der Waals surface area contributed by atoms with Crippen molar-refractivity contribution in [2.75, 3.05) is 6.54 Å². The van der Waals surface area contributed by atoms with Gasteiger partial charge >= 0.3 is 5.97 Å². The summed E-state index contributed by atoms with van der Waals surface area (Å²) in [5, 5.41) is 11.3. The van der Waals surface area contributed by atoms with E-state index >= 15 is 0 Å². The third kappa shape index (κ3) is 13.9. The average Bonchev–Trinajstić information content (AvgIpc) is 2.49. The van der Waals surface area contributed by atoms with Crippen molar-refractivity contribution >= 4 is 11.9 Å². The highest BCUT2D eigenvalue weighted by Gasteiger charge is 2.13. The molecule has 5 nitrogen and oxygen atoms in total. The van der Waals surface area contributed by atoms with Crippen LogP contribution in [0.3, 0.4) is 0 Å². The van der Waals surface area contributed by atoms with Crippen molar-refractivity contribution in [3.8, 4) is 0 Å². The number of carboxylic acid groups (broad SMARTS) is 1. The lowest BCUT2D eigenvalue weighted by molar-refractivity contribution is -0.137. The molecule has 0 fully saturated rings. The molecular formula is C17H34N2O3. The lowest BCUT2D eigenvalue weighted by atomic mass is 10.1. The first-order valence-electron chi connectivity index (χ1n) is 8.83. The van der Waals surface area contributed by atoms with Crippen LogP contribution in [0, 0.1) is 0 Å². The van der Waals surface area contributed by atoms with Crippen molar-refractivity contribution in [1.82, 2.24) is 5.32 Å². The molecule has 0 rings (SSSR count). The van der Waals surface area contributed by atoms with E-state index in [-0.39, 0.29) is 18.7 Å². The molecule has 0 aliphatic carbocycles. The molecule has 5 heteroatoms. The number of carbonyl (C=O) groups is 2. The van der Waals surface area contributed by atoms with Gasteiger partial charge in [0.2, 0.25) is 5.91 Å². The lowest BCUT2D eigenvalue weighted by Crippen LogP contribution is -2.41. The maximum atomic E-state index is 11.6. The fourth-order valence-electron chi connectivity index (χ4n) is 2.37. The molecule has 0 radical (unpaired) electrons. The first kappa shape index (κ1) is 20.9. The molecule has 0 aliphatic rings. The Kier molecular flexibility index (Phi) is 14.1. The Morgan fingerprint density at radius 3 is 1.95 bits per heavy atom. The van der Waals surface area contributed by atoms with Gasteiger partial charge < -0.3 is 16.2 Å². The summed E-state index contributed by atoms with van der Waals surface area (Å²) in [7, 11) is 0. The number of nitrogens with one attached hydrogen (secondary N) is 1. The SMILES string of the molecule is CCCCCCCCCCCCNC(=O)[C@@H](N)CCC(=O)O. The topological polar surface area (TPSA) is 92.4 Å². The number of hydrogen-bond acceptors (Lipinski definition) is 3. The smallest absolute Gasteiger partial charge is 0.303 e. The van der Waals surface area contributed by atoms with Crippen molar-refractivity contribution in [2.24, 2.45) is 5.73 Å². The zero-order valence-corrected chi connectivity index (χ0v) is 14.1. The highest BCUT2D eigenvalue weighted by molar-refractivity contribution is 5.82. The van der Waals surface area contributed by atoms with Crippen molar-refractivity contribution in [3.63, 3.8) is 0 Å². The molecule has 0 unspecified atom stereocenters. The minimum atomic E-state index is -0.919. The van der Waals surface area contributed by atoms with E-state index in [9.17, 15) is 9.59 Å². The number of carbonyl (C=O) groups excluding carboxylic acids is 1. The number of unbranched alkanes of at least 4 members (excludes halogenated alkanes) is 9. The van der Waals surface area contributed by atoms with Gasteiger partial charge in [0.15, 0.2) is 0 Å². The Bertz CT molecular complexity index is 296. The summed E-state index contributed by atoms with van der Waals surface area (Å²) in [5.74, 6) is -1.16. The van der Waals surface area contributed by atoms with E-state index < -0.39 is 12.0 Å². The van der Waals surface area contributed by atoms with Crippen LogP contribution >= 0.6 is 0 Å². The third-order valence-corrected chi connectivity index (χ3v) is 3.84. The summed E-state index contributed by atoms with van der Waals surface area (Å²) in [6.45, 7) is 2.87. The molecule has 22 heavy (non-hydrogen) atoms. The summed E-state index contributed by atoms with van der Waals surface area (Å²) in [4.78, 5) is 22.0. The molecule has 0 saturated carbocycles. The van der Waals surface area contributed by atoms with Gasteiger partial charge in [0.05, 0.1) is 6.04 Å². The second kappa shape index (κ2) is 14.8. The van der Waals surface area contributed by atoms with E-state index in [4.69, 9.17) is 10.8 Å². The van der Waals surface area contributed by atoms with Gasteiger partial charge in [-0.25, -0.2) is 0 Å². The standard InChI is InChI=1S/C17H34N2O3/c1-2-3-4-5-6-7-8-9-10-11-14-19-17(22)15(18)12-13-16(20)21/h15H,2-14,18H2,1H3,(H,19,22)(H,20,21)/t15-/m0/s1. The summed E-state index contributed by atoms with van der Waals surface area (Å²) in [6.07, 6.45) is 12.7. The first-order valence-corrected chi connectivity index (χ1v) is 8.83. The fraction of sp³-hybridized carbons (Fsp3) is 0.882. The van der Waals surface area contributed by atoms with Crippen molar-refractivity contribution in [3.05, 3.63) is 0 Å². The van der Waals surface area contributed by atoms with Crippen LogP contribution in [-0.2, 0) is 9.59 Å². The van der Waals surface area contributed by atoms with Crippen LogP contribution < -0.4 is 11.1 Å². The zero-order chi connectivity index (χ0) is 16.6. The maximum absolute atomic E-state index is 11.6. The van der Waals surface area contributed by atoms with E-state index in [0.29, 0.717) is 6.54 Å². The molecule has 1 atom stereocenters. The molecule has 0 aromatic rings. The Hall–Kier alpha value is -1.10. The van der Waals surface area contributed by atoms with Gasteiger partial charge in [-0.05, 0) is 12.8 Å². The molecule has 0 spiro atoms. The van der Waals surface area contributed by atoms with E-state index in [1.165, 1.54) is 51.4 Å². The average molecular weight is 314 g/mol. The number of nitrogens with two attached hydrogens (primary N) is 1. The monoisotopic (exact) mass is 314 g/mol. The molecule has 0 aromatic heterocycles. The Labute approximate surface area is 135 Å². The van der Waals surface area contributed by atoms with Crippen LogP contribution in [0.25, 0.3) is 0 Å². The van der Waals surface area contributed by atoms with Crippen molar-refractivity contribution < 1.29 is 14.7 Å². The number of amides is 1. The van der Waals surface area contributed by atoms with Gasteiger partial charge in [-0.1, -0.05) is 64.7 Å². The molecule has 0 bridgehead atoms. The van der Waals surface area contributed by atoms with E-state index in [1.54, 1.807) is 0 Å². The number of aliphatic carboxylic acids is 1. The third-order valence-electron chi connectivity index (χ3n) is 3.84. The molecule has 130 valence electrons. The van der Waals surface area contributed by atoms with Crippen LogP contribution in [0.1, 0.15) is 84.0 Å². The number of rotatable bonds is 15.